The van der Waals surface area contributed by atoms with Gasteiger partial charge in [0.1, 0.15) is 0 Å². The first-order valence-electron chi connectivity index (χ1n) is 5.73. The Kier molecular flexibility index (Phi) is 3.83. The van der Waals surface area contributed by atoms with E-state index >= 15 is 0 Å². The average Bonchev–Trinajstić information content (AvgIpc) is 2.40. The summed E-state index contributed by atoms with van der Waals surface area (Å²) >= 11 is 0. The molecule has 1 N–H and O–H groups in total. The maximum Gasteiger partial charge on any atom is 0.0352 e. The van der Waals surface area contributed by atoms with Gasteiger partial charge in [0, 0.05) is 17.8 Å². The van der Waals surface area contributed by atoms with Crippen LogP contribution in [0, 0.1) is 12.3 Å². The van der Waals surface area contributed by atoms with Crippen LogP contribution in [0.25, 0.3) is 0 Å². The van der Waals surface area contributed by atoms with Crippen LogP contribution in [0.5, 0.6) is 0 Å². The van der Waals surface area contributed by atoms with Crippen molar-refractivity contribution < 1.29 is 0 Å². The summed E-state index contributed by atoms with van der Waals surface area (Å²) in [6.45, 7) is 0.915. The number of anilines is 1. The zero-order valence-electron chi connectivity index (χ0n) is 9.69. The number of terminal acetylenes is 1. The highest BCUT2D eigenvalue weighted by atomic mass is 14.9. The Hall–Kier alpha value is -2.20. The van der Waals surface area contributed by atoms with Crippen LogP contribution >= 0.6 is 0 Å². The largest absolute Gasteiger partial charge is 0.385 e. The van der Waals surface area contributed by atoms with E-state index < -0.39 is 0 Å². The van der Waals surface area contributed by atoms with Crippen molar-refractivity contribution >= 4 is 5.69 Å². The third-order valence-electron chi connectivity index (χ3n) is 2.61. The molecule has 0 aliphatic heterocycles. The minimum atomic E-state index is 0.912. The predicted molar refractivity (Wildman–Crippen MR) is 73.0 cm³/mol. The molecule has 17 heavy (non-hydrogen) atoms. The minimum Gasteiger partial charge on any atom is -0.385 e. The highest BCUT2D eigenvalue weighted by molar-refractivity contribution is 5.49. The molecular formula is C16H15N. The van der Waals surface area contributed by atoms with Gasteiger partial charge in [-0.1, -0.05) is 42.3 Å². The van der Waals surface area contributed by atoms with Gasteiger partial charge in [0.15, 0.2) is 0 Å². The summed E-state index contributed by atoms with van der Waals surface area (Å²) < 4.78 is 0. The second-order valence-corrected chi connectivity index (χ2v) is 3.89. The molecule has 0 aliphatic carbocycles. The molecule has 2 aromatic rings. The lowest BCUT2D eigenvalue weighted by molar-refractivity contribution is 1.02. The molecule has 0 aliphatic rings. The Balaban J connectivity index is 1.88. The van der Waals surface area contributed by atoms with Crippen molar-refractivity contribution in [2.45, 2.75) is 6.42 Å². The van der Waals surface area contributed by atoms with Gasteiger partial charge in [0.05, 0.1) is 0 Å². The Morgan fingerprint density at radius 2 is 1.82 bits per heavy atom. The average molecular weight is 221 g/mol. The third-order valence-corrected chi connectivity index (χ3v) is 2.61. The molecule has 0 spiro atoms. The van der Waals surface area contributed by atoms with Crippen molar-refractivity contribution in [1.82, 2.24) is 0 Å². The van der Waals surface area contributed by atoms with Crippen molar-refractivity contribution in [3.8, 4) is 12.3 Å². The fourth-order valence-corrected chi connectivity index (χ4v) is 1.71. The van der Waals surface area contributed by atoms with E-state index in [1.807, 2.05) is 30.3 Å². The summed E-state index contributed by atoms with van der Waals surface area (Å²) in [4.78, 5) is 0. The Morgan fingerprint density at radius 3 is 2.59 bits per heavy atom. The minimum absolute atomic E-state index is 0.912. The smallest absolute Gasteiger partial charge is 0.0352 e. The van der Waals surface area contributed by atoms with Gasteiger partial charge in [-0.3, -0.25) is 0 Å². The first kappa shape index (κ1) is 11.3. The molecule has 1 heteroatoms. The summed E-state index contributed by atoms with van der Waals surface area (Å²) in [7, 11) is 0. The summed E-state index contributed by atoms with van der Waals surface area (Å²) in [5, 5.41) is 3.37. The van der Waals surface area contributed by atoms with Crippen molar-refractivity contribution in [3.05, 3.63) is 65.7 Å². The number of rotatable bonds is 4. The molecule has 0 amide bonds. The molecule has 0 atom stereocenters. The summed E-state index contributed by atoms with van der Waals surface area (Å²) in [6, 6.07) is 18.4. The maximum atomic E-state index is 5.36. The summed E-state index contributed by atoms with van der Waals surface area (Å²) in [5.41, 5.74) is 3.33. The molecule has 1 nitrogen and oxygen atoms in total. The van der Waals surface area contributed by atoms with Gasteiger partial charge in [-0.2, -0.15) is 0 Å². The highest BCUT2D eigenvalue weighted by Crippen LogP contribution is 2.09. The second kappa shape index (κ2) is 5.77. The fraction of sp³-hybridized carbons (Fsp3) is 0.125. The standard InChI is InChI=1S/C16H15N/c1-2-14-9-6-10-16(13-14)17-12-11-15-7-4-3-5-8-15/h1,3-10,13,17H,11-12H2. The highest BCUT2D eigenvalue weighted by Gasteiger charge is 1.94. The Labute approximate surface area is 102 Å². The van der Waals surface area contributed by atoms with E-state index in [4.69, 9.17) is 6.42 Å². The number of hydrogen-bond acceptors (Lipinski definition) is 1. The lowest BCUT2D eigenvalue weighted by Gasteiger charge is -2.06. The lowest BCUT2D eigenvalue weighted by atomic mass is 10.1. The molecule has 0 saturated carbocycles. The van der Waals surface area contributed by atoms with Crippen molar-refractivity contribution in [3.63, 3.8) is 0 Å². The van der Waals surface area contributed by atoms with Crippen LogP contribution in [0.4, 0.5) is 5.69 Å². The van der Waals surface area contributed by atoms with Gasteiger partial charge < -0.3 is 5.32 Å². The molecule has 0 fully saturated rings. The first-order chi connectivity index (χ1) is 8.38. The molecule has 2 rings (SSSR count). The second-order valence-electron chi connectivity index (χ2n) is 3.89. The first-order valence-corrected chi connectivity index (χ1v) is 5.73. The summed E-state index contributed by atoms with van der Waals surface area (Å²) in [5.74, 6) is 2.64. The molecular weight excluding hydrogens is 206 g/mol. The summed E-state index contributed by atoms with van der Waals surface area (Å²) in [6.07, 6.45) is 6.38. The fourth-order valence-electron chi connectivity index (χ4n) is 1.71. The molecule has 0 aromatic heterocycles. The van der Waals surface area contributed by atoms with Gasteiger partial charge >= 0.3 is 0 Å². The van der Waals surface area contributed by atoms with Crippen LogP contribution in [-0.2, 0) is 6.42 Å². The molecule has 2 aromatic carbocycles. The molecule has 0 bridgehead atoms. The number of nitrogens with one attached hydrogen (secondary N) is 1. The van der Waals surface area contributed by atoms with Crippen LogP contribution in [0.1, 0.15) is 11.1 Å². The van der Waals surface area contributed by atoms with E-state index in [-0.39, 0.29) is 0 Å². The van der Waals surface area contributed by atoms with Crippen LogP contribution < -0.4 is 5.32 Å². The maximum absolute atomic E-state index is 5.36. The topological polar surface area (TPSA) is 12.0 Å². The van der Waals surface area contributed by atoms with E-state index in [9.17, 15) is 0 Å². The molecule has 0 heterocycles. The van der Waals surface area contributed by atoms with Gasteiger partial charge in [0.25, 0.3) is 0 Å². The zero-order valence-corrected chi connectivity index (χ0v) is 9.69. The van der Waals surface area contributed by atoms with Gasteiger partial charge in [0.2, 0.25) is 0 Å². The monoisotopic (exact) mass is 221 g/mol. The van der Waals surface area contributed by atoms with Gasteiger partial charge in [-0.15, -0.1) is 6.42 Å². The van der Waals surface area contributed by atoms with Crippen molar-refractivity contribution in [2.24, 2.45) is 0 Å². The van der Waals surface area contributed by atoms with Crippen LogP contribution in [0.2, 0.25) is 0 Å². The lowest BCUT2D eigenvalue weighted by Crippen LogP contribution is -2.04. The van der Waals surface area contributed by atoms with Crippen molar-refractivity contribution in [1.29, 1.82) is 0 Å². The number of hydrogen-bond donors (Lipinski definition) is 1. The number of benzene rings is 2. The third kappa shape index (κ3) is 3.39. The van der Waals surface area contributed by atoms with E-state index in [2.05, 4.69) is 35.5 Å². The van der Waals surface area contributed by atoms with Crippen LogP contribution in [-0.4, -0.2) is 6.54 Å². The van der Waals surface area contributed by atoms with Gasteiger partial charge in [-0.05, 0) is 30.2 Å². The quantitative estimate of drug-likeness (QED) is 0.781. The van der Waals surface area contributed by atoms with Crippen LogP contribution in [0.3, 0.4) is 0 Å². The van der Waals surface area contributed by atoms with Gasteiger partial charge in [-0.25, -0.2) is 0 Å². The molecule has 0 saturated heterocycles. The normalized spacial score (nSPS) is 9.59. The van der Waals surface area contributed by atoms with E-state index in [0.717, 1.165) is 24.2 Å². The SMILES string of the molecule is C#Cc1cccc(NCCc2ccccc2)c1. The predicted octanol–water partition coefficient (Wildman–Crippen LogP) is 3.32. The van der Waals surface area contributed by atoms with E-state index in [1.165, 1.54) is 5.56 Å². The van der Waals surface area contributed by atoms with Crippen LogP contribution in [0.15, 0.2) is 54.6 Å². The zero-order chi connectivity index (χ0) is 11.9. The molecule has 0 unspecified atom stereocenters. The van der Waals surface area contributed by atoms with E-state index in [1.54, 1.807) is 0 Å². The molecule has 0 radical (unpaired) electrons. The van der Waals surface area contributed by atoms with E-state index in [0.29, 0.717) is 0 Å². The van der Waals surface area contributed by atoms with Crippen molar-refractivity contribution in [2.75, 3.05) is 11.9 Å². The Morgan fingerprint density at radius 1 is 1.00 bits per heavy atom. The molecule has 84 valence electrons. The Bertz CT molecular complexity index is 509.